The number of methoxy groups -OCH3 is 1. The molecule has 0 saturated heterocycles. The maximum absolute atomic E-state index is 6.43. The molecule has 2 aromatic rings. The summed E-state index contributed by atoms with van der Waals surface area (Å²) in [7, 11) is 1.71. The first-order valence-electron chi connectivity index (χ1n) is 6.54. The third kappa shape index (κ3) is 2.86. The second-order valence-electron chi connectivity index (χ2n) is 4.88. The van der Waals surface area contributed by atoms with E-state index in [-0.39, 0.29) is 12.1 Å². The van der Waals surface area contributed by atoms with Crippen molar-refractivity contribution >= 4 is 0 Å². The van der Waals surface area contributed by atoms with Crippen LogP contribution >= 0.6 is 0 Å². The van der Waals surface area contributed by atoms with Crippen molar-refractivity contribution in [3.8, 4) is 0 Å². The Labute approximate surface area is 115 Å². The van der Waals surface area contributed by atoms with E-state index in [1.54, 1.807) is 7.11 Å². The van der Waals surface area contributed by atoms with Gasteiger partial charge in [-0.2, -0.15) is 0 Å². The van der Waals surface area contributed by atoms with Gasteiger partial charge in [0.05, 0.1) is 6.04 Å². The molecule has 0 radical (unpaired) electrons. The van der Waals surface area contributed by atoms with Gasteiger partial charge in [-0.15, -0.1) is 0 Å². The van der Waals surface area contributed by atoms with Crippen LogP contribution < -0.4 is 5.73 Å². The first-order valence-corrected chi connectivity index (χ1v) is 6.54. The van der Waals surface area contributed by atoms with E-state index in [0.717, 1.165) is 11.1 Å². The topological polar surface area (TPSA) is 35.2 Å². The third-order valence-corrected chi connectivity index (χ3v) is 3.71. The molecule has 2 unspecified atom stereocenters. The van der Waals surface area contributed by atoms with E-state index in [4.69, 9.17) is 10.5 Å². The fourth-order valence-corrected chi connectivity index (χ4v) is 2.43. The monoisotopic (exact) mass is 255 g/mol. The predicted octanol–water partition coefficient (Wildman–Crippen LogP) is 3.69. The van der Waals surface area contributed by atoms with E-state index in [9.17, 15) is 0 Å². The first-order chi connectivity index (χ1) is 9.15. The lowest BCUT2D eigenvalue weighted by Crippen LogP contribution is -2.22. The van der Waals surface area contributed by atoms with Crippen molar-refractivity contribution in [2.75, 3.05) is 7.11 Å². The zero-order valence-electron chi connectivity index (χ0n) is 11.8. The van der Waals surface area contributed by atoms with E-state index in [1.165, 1.54) is 11.1 Å². The van der Waals surface area contributed by atoms with E-state index >= 15 is 0 Å². The highest BCUT2D eigenvalue weighted by Gasteiger charge is 2.22. The summed E-state index contributed by atoms with van der Waals surface area (Å²) in [5.74, 6) is 0. The van der Waals surface area contributed by atoms with Gasteiger partial charge in [-0.25, -0.2) is 0 Å². The number of benzene rings is 2. The number of hydrogen-bond acceptors (Lipinski definition) is 2. The van der Waals surface area contributed by atoms with Gasteiger partial charge in [-0.05, 0) is 36.1 Å². The van der Waals surface area contributed by atoms with Crippen LogP contribution in [0.5, 0.6) is 0 Å². The molecule has 2 heteroatoms. The summed E-state index contributed by atoms with van der Waals surface area (Å²) in [4.78, 5) is 0. The summed E-state index contributed by atoms with van der Waals surface area (Å²) in [6, 6.07) is 16.2. The highest BCUT2D eigenvalue weighted by Crippen LogP contribution is 2.31. The number of hydrogen-bond donors (Lipinski definition) is 1. The molecular weight excluding hydrogens is 234 g/mol. The zero-order valence-corrected chi connectivity index (χ0v) is 11.8. The third-order valence-electron chi connectivity index (χ3n) is 3.71. The van der Waals surface area contributed by atoms with Gasteiger partial charge in [0.25, 0.3) is 0 Å². The van der Waals surface area contributed by atoms with Gasteiger partial charge in [0.2, 0.25) is 0 Å². The molecule has 0 aliphatic carbocycles. The number of rotatable bonds is 4. The fourth-order valence-electron chi connectivity index (χ4n) is 2.43. The van der Waals surface area contributed by atoms with Crippen LogP contribution in [0.4, 0.5) is 0 Å². The highest BCUT2D eigenvalue weighted by atomic mass is 16.5. The summed E-state index contributed by atoms with van der Waals surface area (Å²) in [6.07, 6.45) is -0.123. The molecule has 0 amide bonds. The second kappa shape index (κ2) is 6.00. The van der Waals surface area contributed by atoms with Gasteiger partial charge in [0.1, 0.15) is 6.10 Å². The quantitative estimate of drug-likeness (QED) is 0.904. The number of nitrogens with two attached hydrogens (primary N) is 1. The Morgan fingerprint density at radius 3 is 2.26 bits per heavy atom. The van der Waals surface area contributed by atoms with Crippen LogP contribution in [0.25, 0.3) is 0 Å². The number of ether oxygens (including phenoxy) is 1. The van der Waals surface area contributed by atoms with Crippen LogP contribution in [-0.4, -0.2) is 7.11 Å². The first kappa shape index (κ1) is 13.8. The van der Waals surface area contributed by atoms with Crippen LogP contribution in [0.3, 0.4) is 0 Å². The molecule has 0 spiro atoms. The predicted molar refractivity (Wildman–Crippen MR) is 79.0 cm³/mol. The van der Waals surface area contributed by atoms with Crippen LogP contribution in [0.15, 0.2) is 48.5 Å². The fraction of sp³-hybridized carbons (Fsp3) is 0.294. The number of aryl methyl sites for hydroxylation is 1. The van der Waals surface area contributed by atoms with Crippen molar-refractivity contribution in [1.29, 1.82) is 0 Å². The van der Waals surface area contributed by atoms with Crippen LogP contribution in [0.2, 0.25) is 0 Å². The minimum atomic E-state index is -0.160. The minimum Gasteiger partial charge on any atom is -0.375 e. The van der Waals surface area contributed by atoms with E-state index in [0.29, 0.717) is 0 Å². The molecule has 2 aromatic carbocycles. The van der Waals surface area contributed by atoms with E-state index < -0.39 is 0 Å². The Hall–Kier alpha value is -1.64. The largest absolute Gasteiger partial charge is 0.375 e. The maximum Gasteiger partial charge on any atom is 0.101 e. The standard InChI is InChI=1S/C17H21NO/c1-12-8-7-11-15(13(12)2)16(18)17(19-3)14-9-5-4-6-10-14/h4-11,16-17H,18H2,1-3H3. The molecule has 0 heterocycles. The maximum atomic E-state index is 6.43. The molecule has 19 heavy (non-hydrogen) atoms. The van der Waals surface area contributed by atoms with Gasteiger partial charge >= 0.3 is 0 Å². The van der Waals surface area contributed by atoms with Crippen molar-refractivity contribution in [3.05, 3.63) is 70.8 Å². The molecule has 2 nitrogen and oxygen atoms in total. The van der Waals surface area contributed by atoms with Crippen molar-refractivity contribution in [2.45, 2.75) is 26.0 Å². The molecule has 2 rings (SSSR count). The average Bonchev–Trinajstić information content (AvgIpc) is 2.44. The summed E-state index contributed by atoms with van der Waals surface area (Å²) in [5, 5.41) is 0. The van der Waals surface area contributed by atoms with Crippen LogP contribution in [-0.2, 0) is 4.74 Å². The van der Waals surface area contributed by atoms with E-state index in [2.05, 4.69) is 44.2 Å². The second-order valence-corrected chi connectivity index (χ2v) is 4.88. The van der Waals surface area contributed by atoms with Gasteiger partial charge in [-0.3, -0.25) is 0 Å². The summed E-state index contributed by atoms with van der Waals surface area (Å²) >= 11 is 0. The molecule has 0 fully saturated rings. The molecule has 2 N–H and O–H groups in total. The summed E-state index contributed by atoms with van der Waals surface area (Å²) < 4.78 is 5.62. The Balaban J connectivity index is 2.36. The molecule has 0 aromatic heterocycles. The Bertz CT molecular complexity index is 536. The SMILES string of the molecule is COC(c1ccccc1)C(N)c1cccc(C)c1C. The van der Waals surface area contributed by atoms with Crippen molar-refractivity contribution in [3.63, 3.8) is 0 Å². The van der Waals surface area contributed by atoms with Gasteiger partial charge in [0.15, 0.2) is 0 Å². The molecule has 0 saturated carbocycles. The van der Waals surface area contributed by atoms with Gasteiger partial charge < -0.3 is 10.5 Å². The molecular formula is C17H21NO. The minimum absolute atomic E-state index is 0.123. The average molecular weight is 255 g/mol. The lowest BCUT2D eigenvalue weighted by molar-refractivity contribution is 0.0800. The van der Waals surface area contributed by atoms with Crippen LogP contribution in [0, 0.1) is 13.8 Å². The Morgan fingerprint density at radius 1 is 0.947 bits per heavy atom. The Kier molecular flexibility index (Phi) is 4.35. The lowest BCUT2D eigenvalue weighted by atomic mass is 9.91. The zero-order chi connectivity index (χ0) is 13.8. The van der Waals surface area contributed by atoms with Crippen molar-refractivity contribution in [2.24, 2.45) is 5.73 Å². The van der Waals surface area contributed by atoms with Crippen molar-refractivity contribution < 1.29 is 4.74 Å². The Morgan fingerprint density at radius 2 is 1.63 bits per heavy atom. The molecule has 0 aliphatic heterocycles. The van der Waals surface area contributed by atoms with Crippen molar-refractivity contribution in [1.82, 2.24) is 0 Å². The molecule has 100 valence electrons. The normalized spacial score (nSPS) is 14.1. The molecule has 0 bridgehead atoms. The van der Waals surface area contributed by atoms with Gasteiger partial charge in [0, 0.05) is 7.11 Å². The van der Waals surface area contributed by atoms with E-state index in [1.807, 2.05) is 18.2 Å². The molecule has 0 aliphatic rings. The molecule has 2 atom stereocenters. The van der Waals surface area contributed by atoms with Gasteiger partial charge in [-0.1, -0.05) is 48.5 Å². The summed E-state index contributed by atoms with van der Waals surface area (Å²) in [5.41, 5.74) is 11.2. The lowest BCUT2D eigenvalue weighted by Gasteiger charge is -2.25. The summed E-state index contributed by atoms with van der Waals surface area (Å²) in [6.45, 7) is 4.22. The van der Waals surface area contributed by atoms with Crippen LogP contribution in [0.1, 0.15) is 34.4 Å². The smallest absolute Gasteiger partial charge is 0.101 e. The highest BCUT2D eigenvalue weighted by molar-refractivity contribution is 5.37.